The Morgan fingerprint density at radius 3 is 2.73 bits per heavy atom. The van der Waals surface area contributed by atoms with Gasteiger partial charge in [0.05, 0.1) is 19.3 Å². The molecule has 1 saturated heterocycles. The molecule has 2 atom stereocenters. The standard InChI is InChI=1S/C24H33FN4O/c1-26-24(27-15-23(28(2)3)21-10-7-11-22(25)14-21)29-13-12-20(16-29)18-30-17-19-8-5-4-6-9-19/h4-11,14,20,23H,12-13,15-18H2,1-3H3,(H,26,27). The van der Waals surface area contributed by atoms with Crippen LogP contribution in [0.15, 0.2) is 59.6 Å². The van der Waals surface area contributed by atoms with E-state index in [4.69, 9.17) is 4.74 Å². The van der Waals surface area contributed by atoms with Crippen molar-refractivity contribution in [3.8, 4) is 0 Å². The van der Waals surface area contributed by atoms with Gasteiger partial charge >= 0.3 is 0 Å². The smallest absolute Gasteiger partial charge is 0.193 e. The highest BCUT2D eigenvalue weighted by molar-refractivity contribution is 5.80. The number of rotatable bonds is 8. The zero-order valence-corrected chi connectivity index (χ0v) is 18.2. The summed E-state index contributed by atoms with van der Waals surface area (Å²) < 4.78 is 19.6. The predicted molar refractivity (Wildman–Crippen MR) is 120 cm³/mol. The highest BCUT2D eigenvalue weighted by atomic mass is 19.1. The Morgan fingerprint density at radius 2 is 2.03 bits per heavy atom. The summed E-state index contributed by atoms with van der Waals surface area (Å²) in [6, 6.07) is 17.1. The van der Waals surface area contributed by atoms with Crippen LogP contribution in [0.5, 0.6) is 0 Å². The number of aliphatic imine (C=N–C) groups is 1. The van der Waals surface area contributed by atoms with E-state index in [1.807, 2.05) is 45.4 Å². The first-order valence-corrected chi connectivity index (χ1v) is 10.6. The lowest BCUT2D eigenvalue weighted by Gasteiger charge is -2.28. The van der Waals surface area contributed by atoms with Gasteiger partial charge in [-0.05, 0) is 43.8 Å². The van der Waals surface area contributed by atoms with Gasteiger partial charge < -0.3 is 19.9 Å². The molecule has 0 aromatic heterocycles. The first kappa shape index (κ1) is 22.2. The maximum absolute atomic E-state index is 13.7. The van der Waals surface area contributed by atoms with Gasteiger partial charge in [-0.25, -0.2) is 4.39 Å². The van der Waals surface area contributed by atoms with Crippen molar-refractivity contribution in [2.75, 3.05) is 47.4 Å². The van der Waals surface area contributed by atoms with Gasteiger partial charge in [-0.2, -0.15) is 0 Å². The average Bonchev–Trinajstić information content (AvgIpc) is 3.20. The van der Waals surface area contributed by atoms with Crippen molar-refractivity contribution in [1.82, 2.24) is 15.1 Å². The van der Waals surface area contributed by atoms with Gasteiger partial charge in [0.1, 0.15) is 5.82 Å². The number of benzene rings is 2. The Balaban J connectivity index is 1.48. The third-order valence-electron chi connectivity index (χ3n) is 5.57. The summed E-state index contributed by atoms with van der Waals surface area (Å²) in [4.78, 5) is 8.86. The maximum atomic E-state index is 13.7. The molecule has 1 aliphatic rings. The van der Waals surface area contributed by atoms with E-state index in [0.29, 0.717) is 19.1 Å². The summed E-state index contributed by atoms with van der Waals surface area (Å²) in [7, 11) is 5.83. The molecule has 0 radical (unpaired) electrons. The molecule has 5 nitrogen and oxygen atoms in total. The summed E-state index contributed by atoms with van der Waals surface area (Å²) >= 11 is 0. The van der Waals surface area contributed by atoms with Crippen LogP contribution in [-0.2, 0) is 11.3 Å². The van der Waals surface area contributed by atoms with Gasteiger partial charge in [-0.3, -0.25) is 4.99 Å². The fourth-order valence-electron chi connectivity index (χ4n) is 3.91. The molecule has 1 aliphatic heterocycles. The number of likely N-dealkylation sites (tertiary alicyclic amines) is 1. The Labute approximate surface area is 179 Å². The Morgan fingerprint density at radius 1 is 1.23 bits per heavy atom. The van der Waals surface area contributed by atoms with Crippen molar-refractivity contribution in [2.24, 2.45) is 10.9 Å². The van der Waals surface area contributed by atoms with E-state index in [0.717, 1.165) is 37.6 Å². The fourth-order valence-corrected chi connectivity index (χ4v) is 3.91. The second-order valence-corrected chi connectivity index (χ2v) is 8.06. The molecule has 2 unspecified atom stereocenters. The van der Waals surface area contributed by atoms with Crippen molar-refractivity contribution in [1.29, 1.82) is 0 Å². The predicted octanol–water partition coefficient (Wildman–Crippen LogP) is 3.54. The molecule has 0 spiro atoms. The van der Waals surface area contributed by atoms with Gasteiger partial charge in [-0.15, -0.1) is 0 Å². The lowest BCUT2D eigenvalue weighted by molar-refractivity contribution is 0.0906. The third-order valence-corrected chi connectivity index (χ3v) is 5.57. The molecule has 3 rings (SSSR count). The van der Waals surface area contributed by atoms with Crippen LogP contribution in [0.3, 0.4) is 0 Å². The second-order valence-electron chi connectivity index (χ2n) is 8.06. The minimum Gasteiger partial charge on any atom is -0.376 e. The van der Waals surface area contributed by atoms with Gasteiger partial charge in [0.2, 0.25) is 0 Å². The van der Waals surface area contributed by atoms with Crippen molar-refractivity contribution in [3.63, 3.8) is 0 Å². The second kappa shape index (κ2) is 11.1. The number of likely N-dealkylation sites (N-methyl/N-ethyl adjacent to an activating group) is 1. The molecule has 0 aliphatic carbocycles. The molecule has 30 heavy (non-hydrogen) atoms. The van der Waals surface area contributed by atoms with Crippen molar-refractivity contribution < 1.29 is 9.13 Å². The van der Waals surface area contributed by atoms with E-state index in [-0.39, 0.29) is 11.9 Å². The van der Waals surface area contributed by atoms with Crippen LogP contribution in [0.2, 0.25) is 0 Å². The number of nitrogens with one attached hydrogen (secondary N) is 1. The first-order chi connectivity index (χ1) is 14.6. The van der Waals surface area contributed by atoms with E-state index in [1.165, 1.54) is 11.6 Å². The van der Waals surface area contributed by atoms with Crippen LogP contribution < -0.4 is 5.32 Å². The number of hydrogen-bond acceptors (Lipinski definition) is 3. The first-order valence-electron chi connectivity index (χ1n) is 10.6. The molecule has 2 aromatic rings. The SMILES string of the molecule is CN=C(NCC(c1cccc(F)c1)N(C)C)N1CCC(COCc2ccccc2)C1. The van der Waals surface area contributed by atoms with E-state index < -0.39 is 0 Å². The number of guanidine groups is 1. The summed E-state index contributed by atoms with van der Waals surface area (Å²) in [5.41, 5.74) is 2.16. The number of nitrogens with zero attached hydrogens (tertiary/aromatic N) is 3. The van der Waals surface area contributed by atoms with Crippen LogP contribution in [0.4, 0.5) is 4.39 Å². The quantitative estimate of drug-likeness (QED) is 0.532. The fraction of sp³-hybridized carbons (Fsp3) is 0.458. The summed E-state index contributed by atoms with van der Waals surface area (Å²) in [5, 5.41) is 3.48. The average molecular weight is 413 g/mol. The van der Waals surface area contributed by atoms with Crippen molar-refractivity contribution >= 4 is 5.96 Å². The Kier molecular flexibility index (Phi) is 8.22. The largest absolute Gasteiger partial charge is 0.376 e. The Hall–Kier alpha value is -2.44. The minimum absolute atomic E-state index is 0.0602. The van der Waals surface area contributed by atoms with Crippen molar-refractivity contribution in [2.45, 2.75) is 19.1 Å². The molecule has 0 bridgehead atoms. The Bertz CT molecular complexity index is 812. The molecule has 1 N–H and O–H groups in total. The van der Waals surface area contributed by atoms with E-state index in [9.17, 15) is 4.39 Å². The minimum atomic E-state index is -0.207. The van der Waals surface area contributed by atoms with Gasteiger partial charge in [-0.1, -0.05) is 42.5 Å². The molecule has 1 fully saturated rings. The van der Waals surface area contributed by atoms with Gasteiger partial charge in [0.15, 0.2) is 5.96 Å². The monoisotopic (exact) mass is 412 g/mol. The topological polar surface area (TPSA) is 40.1 Å². The van der Waals surface area contributed by atoms with Crippen LogP contribution in [0.25, 0.3) is 0 Å². The van der Waals surface area contributed by atoms with Crippen LogP contribution in [0, 0.1) is 11.7 Å². The van der Waals surface area contributed by atoms with Crippen LogP contribution >= 0.6 is 0 Å². The van der Waals surface area contributed by atoms with E-state index >= 15 is 0 Å². The molecule has 0 saturated carbocycles. The molecular formula is C24H33FN4O. The van der Waals surface area contributed by atoms with Crippen LogP contribution in [-0.4, -0.2) is 63.1 Å². The summed E-state index contributed by atoms with van der Waals surface area (Å²) in [6.45, 7) is 3.97. The lowest BCUT2D eigenvalue weighted by atomic mass is 10.1. The zero-order valence-electron chi connectivity index (χ0n) is 18.2. The summed E-state index contributed by atoms with van der Waals surface area (Å²) in [6.07, 6.45) is 1.09. The maximum Gasteiger partial charge on any atom is 0.193 e. The van der Waals surface area contributed by atoms with Gasteiger partial charge in [0, 0.05) is 32.6 Å². The highest BCUT2D eigenvalue weighted by Gasteiger charge is 2.26. The van der Waals surface area contributed by atoms with E-state index in [2.05, 4.69) is 32.2 Å². The van der Waals surface area contributed by atoms with Crippen molar-refractivity contribution in [3.05, 3.63) is 71.5 Å². The normalized spacial score (nSPS) is 18.1. The molecule has 1 heterocycles. The lowest BCUT2D eigenvalue weighted by Crippen LogP contribution is -2.43. The number of hydrogen-bond donors (Lipinski definition) is 1. The molecular weight excluding hydrogens is 379 g/mol. The highest BCUT2D eigenvalue weighted by Crippen LogP contribution is 2.20. The third kappa shape index (κ3) is 6.28. The molecule has 0 amide bonds. The number of ether oxygens (including phenoxy) is 1. The van der Waals surface area contributed by atoms with Gasteiger partial charge in [0.25, 0.3) is 0 Å². The molecule has 162 valence electrons. The van der Waals surface area contributed by atoms with E-state index in [1.54, 1.807) is 12.1 Å². The molecule has 6 heteroatoms. The van der Waals surface area contributed by atoms with Crippen LogP contribution in [0.1, 0.15) is 23.6 Å². The molecule has 2 aromatic carbocycles. The number of halogens is 1. The zero-order chi connectivity index (χ0) is 21.3. The summed E-state index contributed by atoms with van der Waals surface area (Å²) in [5.74, 6) is 1.19.